The van der Waals surface area contributed by atoms with E-state index in [9.17, 15) is 10.1 Å². The lowest BCUT2D eigenvalue weighted by Gasteiger charge is -2.06. The minimum Gasteiger partial charge on any atom is -0.379 e. The Morgan fingerprint density at radius 3 is 2.89 bits per heavy atom. The van der Waals surface area contributed by atoms with Gasteiger partial charge in [-0.3, -0.25) is 10.1 Å². The zero-order valence-corrected chi connectivity index (χ0v) is 11.0. The molecule has 4 nitrogen and oxygen atoms in total. The average molecular weight is 283 g/mol. The predicted octanol–water partition coefficient (Wildman–Crippen LogP) is 3.96. The Kier molecular flexibility index (Phi) is 4.17. The van der Waals surface area contributed by atoms with E-state index in [0.717, 1.165) is 6.42 Å². The van der Waals surface area contributed by atoms with Gasteiger partial charge in [-0.2, -0.15) is 0 Å². The number of nitro benzene ring substituents is 1. The molecule has 2 aromatic rings. The van der Waals surface area contributed by atoms with Gasteiger partial charge in [0, 0.05) is 22.5 Å². The molecule has 1 aromatic carbocycles. The first-order valence-corrected chi connectivity index (χ1v) is 6.63. The molecule has 2 rings (SSSR count). The monoisotopic (exact) mass is 282 g/mol. The standard InChI is InChI=1S/C12H11ClN2O2S/c13-9-3-4-11(12(8-9)15(16)17)14-6-5-10-2-1-7-18-10/h1-4,7-8,14H,5-6H2. The number of nitrogens with zero attached hydrogens (tertiary/aromatic N) is 1. The Bertz CT molecular complexity index is 543. The van der Waals surface area contributed by atoms with Crippen molar-refractivity contribution in [2.45, 2.75) is 6.42 Å². The molecule has 1 heterocycles. The molecule has 18 heavy (non-hydrogen) atoms. The molecular formula is C12H11ClN2O2S. The van der Waals surface area contributed by atoms with Gasteiger partial charge in [0.25, 0.3) is 5.69 Å². The maximum absolute atomic E-state index is 10.9. The largest absolute Gasteiger partial charge is 0.379 e. The van der Waals surface area contributed by atoms with E-state index >= 15 is 0 Å². The molecular weight excluding hydrogens is 272 g/mol. The summed E-state index contributed by atoms with van der Waals surface area (Å²) in [6.45, 7) is 0.656. The normalized spacial score (nSPS) is 10.3. The molecule has 0 radical (unpaired) electrons. The van der Waals surface area contributed by atoms with Crippen molar-refractivity contribution in [3.05, 3.63) is 55.7 Å². The van der Waals surface area contributed by atoms with Crippen LogP contribution in [-0.4, -0.2) is 11.5 Å². The van der Waals surface area contributed by atoms with Gasteiger partial charge in [-0.1, -0.05) is 17.7 Å². The van der Waals surface area contributed by atoms with Crippen molar-refractivity contribution < 1.29 is 4.92 Å². The Hall–Kier alpha value is -1.59. The molecule has 0 bridgehead atoms. The number of rotatable bonds is 5. The van der Waals surface area contributed by atoms with Crippen molar-refractivity contribution in [3.8, 4) is 0 Å². The van der Waals surface area contributed by atoms with Crippen LogP contribution in [0.3, 0.4) is 0 Å². The molecule has 94 valence electrons. The third-order valence-corrected chi connectivity index (χ3v) is 3.59. The second-order valence-electron chi connectivity index (χ2n) is 3.67. The van der Waals surface area contributed by atoms with Crippen molar-refractivity contribution in [1.29, 1.82) is 0 Å². The Morgan fingerprint density at radius 2 is 2.22 bits per heavy atom. The van der Waals surface area contributed by atoms with Crippen LogP contribution in [0.25, 0.3) is 0 Å². The van der Waals surface area contributed by atoms with Crippen LogP contribution in [0.5, 0.6) is 0 Å². The fourth-order valence-corrected chi connectivity index (χ4v) is 2.46. The summed E-state index contributed by atoms with van der Waals surface area (Å²) < 4.78 is 0. The first-order chi connectivity index (χ1) is 8.66. The van der Waals surface area contributed by atoms with Gasteiger partial charge in [-0.15, -0.1) is 11.3 Å². The lowest BCUT2D eigenvalue weighted by molar-refractivity contribution is -0.383. The highest BCUT2D eigenvalue weighted by Gasteiger charge is 2.13. The van der Waals surface area contributed by atoms with Gasteiger partial charge in [0.2, 0.25) is 0 Å². The molecule has 1 N–H and O–H groups in total. The molecule has 0 aliphatic rings. The number of thiophene rings is 1. The molecule has 0 saturated heterocycles. The van der Waals surface area contributed by atoms with Crippen LogP contribution < -0.4 is 5.32 Å². The summed E-state index contributed by atoms with van der Waals surface area (Å²) in [5.41, 5.74) is 0.509. The fourth-order valence-electron chi connectivity index (χ4n) is 1.58. The van der Waals surface area contributed by atoms with E-state index in [1.54, 1.807) is 23.5 Å². The van der Waals surface area contributed by atoms with E-state index in [4.69, 9.17) is 11.6 Å². The lowest BCUT2D eigenvalue weighted by atomic mass is 10.2. The highest BCUT2D eigenvalue weighted by Crippen LogP contribution is 2.27. The molecule has 0 unspecified atom stereocenters. The smallest absolute Gasteiger partial charge is 0.293 e. The molecule has 6 heteroatoms. The van der Waals surface area contributed by atoms with Gasteiger partial charge < -0.3 is 5.32 Å². The van der Waals surface area contributed by atoms with Crippen LogP contribution in [0.15, 0.2) is 35.7 Å². The molecule has 0 saturated carbocycles. The molecule has 0 fully saturated rings. The number of benzene rings is 1. The zero-order chi connectivity index (χ0) is 13.0. The summed E-state index contributed by atoms with van der Waals surface area (Å²) in [4.78, 5) is 11.7. The van der Waals surface area contributed by atoms with Gasteiger partial charge in [-0.25, -0.2) is 0 Å². The first-order valence-electron chi connectivity index (χ1n) is 5.37. The van der Waals surface area contributed by atoms with Gasteiger partial charge >= 0.3 is 0 Å². The van der Waals surface area contributed by atoms with Crippen molar-refractivity contribution >= 4 is 34.3 Å². The number of anilines is 1. The minimum absolute atomic E-state index is 0.00804. The second kappa shape index (κ2) is 5.84. The topological polar surface area (TPSA) is 55.2 Å². The highest BCUT2D eigenvalue weighted by atomic mass is 35.5. The summed E-state index contributed by atoms with van der Waals surface area (Å²) in [6.07, 6.45) is 0.845. The van der Waals surface area contributed by atoms with E-state index in [-0.39, 0.29) is 5.69 Å². The van der Waals surface area contributed by atoms with Crippen molar-refractivity contribution in [3.63, 3.8) is 0 Å². The van der Waals surface area contributed by atoms with Crippen LogP contribution >= 0.6 is 22.9 Å². The summed E-state index contributed by atoms with van der Waals surface area (Å²) in [6, 6.07) is 8.67. The maximum atomic E-state index is 10.9. The summed E-state index contributed by atoms with van der Waals surface area (Å²) in [5, 5.41) is 16.3. The van der Waals surface area contributed by atoms with Crippen LogP contribution in [0.1, 0.15) is 4.88 Å². The Labute approximate surface area is 113 Å². The van der Waals surface area contributed by atoms with E-state index in [2.05, 4.69) is 5.32 Å². The predicted molar refractivity (Wildman–Crippen MR) is 74.6 cm³/mol. The van der Waals surface area contributed by atoms with Gasteiger partial charge in [-0.05, 0) is 30.0 Å². The van der Waals surface area contributed by atoms with Gasteiger partial charge in [0.1, 0.15) is 5.69 Å². The molecule has 0 aliphatic carbocycles. The van der Waals surface area contributed by atoms with E-state index in [0.29, 0.717) is 17.3 Å². The maximum Gasteiger partial charge on any atom is 0.293 e. The number of hydrogen-bond donors (Lipinski definition) is 1. The van der Waals surface area contributed by atoms with E-state index in [1.165, 1.54) is 10.9 Å². The number of hydrogen-bond acceptors (Lipinski definition) is 4. The summed E-state index contributed by atoms with van der Waals surface area (Å²) >= 11 is 7.42. The van der Waals surface area contributed by atoms with Gasteiger partial charge in [0.05, 0.1) is 4.92 Å². The van der Waals surface area contributed by atoms with Gasteiger partial charge in [0.15, 0.2) is 0 Å². The molecule has 1 aromatic heterocycles. The summed E-state index contributed by atoms with van der Waals surface area (Å²) in [5.74, 6) is 0. The highest BCUT2D eigenvalue weighted by molar-refractivity contribution is 7.09. The lowest BCUT2D eigenvalue weighted by Crippen LogP contribution is -2.06. The van der Waals surface area contributed by atoms with Crippen LogP contribution in [0.4, 0.5) is 11.4 Å². The minimum atomic E-state index is -0.431. The Balaban J connectivity index is 2.02. The van der Waals surface area contributed by atoms with E-state index in [1.807, 2.05) is 17.5 Å². The SMILES string of the molecule is O=[N+]([O-])c1cc(Cl)ccc1NCCc1cccs1. The van der Waals surface area contributed by atoms with Crippen molar-refractivity contribution in [2.75, 3.05) is 11.9 Å². The second-order valence-corrected chi connectivity index (χ2v) is 5.14. The van der Waals surface area contributed by atoms with Crippen LogP contribution in [0, 0.1) is 10.1 Å². The molecule has 0 amide bonds. The van der Waals surface area contributed by atoms with Crippen molar-refractivity contribution in [2.24, 2.45) is 0 Å². The summed E-state index contributed by atoms with van der Waals surface area (Å²) in [7, 11) is 0. The third-order valence-electron chi connectivity index (χ3n) is 2.42. The number of nitrogens with one attached hydrogen (secondary N) is 1. The molecule has 0 atom stereocenters. The quantitative estimate of drug-likeness (QED) is 0.667. The van der Waals surface area contributed by atoms with Crippen LogP contribution in [0.2, 0.25) is 5.02 Å². The number of nitro groups is 1. The van der Waals surface area contributed by atoms with Crippen LogP contribution in [-0.2, 0) is 6.42 Å². The fraction of sp³-hybridized carbons (Fsp3) is 0.167. The Morgan fingerprint density at radius 1 is 1.39 bits per heavy atom. The van der Waals surface area contributed by atoms with E-state index < -0.39 is 4.92 Å². The zero-order valence-electron chi connectivity index (χ0n) is 9.43. The first kappa shape index (κ1) is 12.9. The molecule has 0 aliphatic heterocycles. The van der Waals surface area contributed by atoms with Crippen molar-refractivity contribution in [1.82, 2.24) is 0 Å². The average Bonchev–Trinajstić information content (AvgIpc) is 2.84. The number of halogens is 1. The molecule has 0 spiro atoms. The third kappa shape index (κ3) is 3.21.